The van der Waals surface area contributed by atoms with E-state index >= 15 is 0 Å². The van der Waals surface area contributed by atoms with Crippen LogP contribution in [-0.2, 0) is 4.79 Å². The summed E-state index contributed by atoms with van der Waals surface area (Å²) in [7, 11) is 0. The molecule has 1 aliphatic heterocycles. The molecule has 6 nitrogen and oxygen atoms in total. The first-order chi connectivity index (χ1) is 14.5. The topological polar surface area (TPSA) is 71.5 Å². The number of thiazole rings is 1. The van der Waals surface area contributed by atoms with Crippen LogP contribution in [0.25, 0.3) is 11.3 Å². The minimum atomic E-state index is -0.256. The van der Waals surface area contributed by atoms with E-state index in [1.807, 2.05) is 25.1 Å². The fourth-order valence-corrected chi connectivity index (χ4v) is 4.12. The van der Waals surface area contributed by atoms with E-state index in [2.05, 4.69) is 16.9 Å². The van der Waals surface area contributed by atoms with Crippen LogP contribution in [-0.4, -0.2) is 29.9 Å². The predicted molar refractivity (Wildman–Crippen MR) is 120 cm³/mol. The first-order valence-corrected chi connectivity index (χ1v) is 10.4. The lowest BCUT2D eigenvalue weighted by Gasteiger charge is -2.28. The molecule has 0 bridgehead atoms. The van der Waals surface area contributed by atoms with Gasteiger partial charge >= 0.3 is 0 Å². The van der Waals surface area contributed by atoms with Crippen LogP contribution in [0.3, 0.4) is 0 Å². The molecular weight excluding hydrogens is 422 g/mol. The van der Waals surface area contributed by atoms with Crippen molar-refractivity contribution in [3.05, 3.63) is 70.6 Å². The molecule has 2 heterocycles. The van der Waals surface area contributed by atoms with E-state index in [4.69, 9.17) is 16.3 Å². The van der Waals surface area contributed by atoms with Gasteiger partial charge < -0.3 is 9.64 Å². The van der Waals surface area contributed by atoms with E-state index in [1.165, 1.54) is 11.3 Å². The first-order valence-electron chi connectivity index (χ1n) is 9.19. The minimum Gasteiger partial charge on any atom is -0.482 e. The van der Waals surface area contributed by atoms with E-state index in [9.17, 15) is 9.59 Å². The monoisotopic (exact) mass is 439 g/mol. The van der Waals surface area contributed by atoms with E-state index in [-0.39, 0.29) is 18.4 Å². The average molecular weight is 440 g/mol. The average Bonchev–Trinajstić information content (AvgIpc) is 3.10. The third kappa shape index (κ3) is 3.94. The molecule has 30 heavy (non-hydrogen) atoms. The van der Waals surface area contributed by atoms with Crippen molar-refractivity contribution in [3.8, 4) is 17.0 Å². The Hall–Kier alpha value is -3.16. The molecule has 0 radical (unpaired) electrons. The predicted octanol–water partition coefficient (Wildman–Crippen LogP) is 4.94. The second-order valence-corrected chi connectivity index (χ2v) is 8.29. The maximum atomic E-state index is 12.5. The Kier molecular flexibility index (Phi) is 5.57. The lowest BCUT2D eigenvalue weighted by Crippen LogP contribution is -2.38. The van der Waals surface area contributed by atoms with Crippen LogP contribution in [0.2, 0.25) is 5.02 Å². The molecule has 1 aliphatic rings. The zero-order chi connectivity index (χ0) is 21.3. The molecule has 3 aromatic rings. The molecule has 0 saturated carbocycles. The summed E-state index contributed by atoms with van der Waals surface area (Å²) in [5.41, 5.74) is 2.76. The summed E-state index contributed by atoms with van der Waals surface area (Å²) in [5.74, 6) is 0.267. The Bertz CT molecular complexity index is 1140. The fourth-order valence-electron chi connectivity index (χ4n) is 3.17. The number of fused-ring (bicyclic) bond motifs is 1. The van der Waals surface area contributed by atoms with Crippen molar-refractivity contribution in [2.24, 2.45) is 0 Å². The molecule has 1 N–H and O–H groups in total. The molecule has 8 heteroatoms. The van der Waals surface area contributed by atoms with Crippen molar-refractivity contribution in [1.29, 1.82) is 0 Å². The van der Waals surface area contributed by atoms with Crippen molar-refractivity contribution in [1.82, 2.24) is 4.98 Å². The summed E-state index contributed by atoms with van der Waals surface area (Å²) in [6, 6.07) is 12.3. The molecule has 0 saturated heterocycles. The number of aromatic nitrogens is 1. The smallest absolute Gasteiger partial charge is 0.265 e. The van der Waals surface area contributed by atoms with Gasteiger partial charge in [-0.15, -0.1) is 17.9 Å². The van der Waals surface area contributed by atoms with Gasteiger partial charge in [0.15, 0.2) is 11.7 Å². The van der Waals surface area contributed by atoms with Crippen molar-refractivity contribution in [2.45, 2.75) is 6.92 Å². The van der Waals surface area contributed by atoms with Gasteiger partial charge in [0.2, 0.25) is 0 Å². The van der Waals surface area contributed by atoms with Gasteiger partial charge in [-0.1, -0.05) is 17.7 Å². The Labute approximate surface area is 182 Å². The van der Waals surface area contributed by atoms with Gasteiger partial charge in [0.1, 0.15) is 5.75 Å². The van der Waals surface area contributed by atoms with Gasteiger partial charge in [-0.05, 0) is 49.4 Å². The van der Waals surface area contributed by atoms with Gasteiger partial charge in [-0.2, -0.15) is 0 Å². The minimum absolute atomic E-state index is 0.0107. The highest BCUT2D eigenvalue weighted by atomic mass is 35.5. The Balaban J connectivity index is 1.62. The standard InChI is InChI=1S/C22H18ClN3O3S/c1-3-10-26-17-11-15(6-9-18(17)29-12-19(26)27)20-13(2)30-22(24-20)25-21(28)14-4-7-16(23)8-5-14/h3-9,11H,1,10,12H2,2H3,(H,24,25,28). The van der Waals surface area contributed by atoms with E-state index in [0.717, 1.165) is 16.1 Å². The summed E-state index contributed by atoms with van der Waals surface area (Å²) >= 11 is 7.26. The number of carbonyl (C=O) groups is 2. The van der Waals surface area contributed by atoms with Crippen LogP contribution in [0, 0.1) is 6.92 Å². The molecule has 0 aliphatic carbocycles. The maximum absolute atomic E-state index is 12.5. The molecule has 0 spiro atoms. The maximum Gasteiger partial charge on any atom is 0.265 e. The van der Waals surface area contributed by atoms with Crippen LogP contribution < -0.4 is 15.0 Å². The number of hydrogen-bond acceptors (Lipinski definition) is 5. The number of amides is 2. The van der Waals surface area contributed by atoms with Gasteiger partial charge in [-0.3, -0.25) is 14.9 Å². The number of aryl methyl sites for hydroxylation is 1. The Morgan fingerprint density at radius 2 is 2.10 bits per heavy atom. The summed E-state index contributed by atoms with van der Waals surface area (Å²) in [6.07, 6.45) is 1.68. The van der Waals surface area contributed by atoms with Crippen LogP contribution in [0.1, 0.15) is 15.2 Å². The second kappa shape index (κ2) is 8.30. The van der Waals surface area contributed by atoms with Crippen molar-refractivity contribution in [3.63, 3.8) is 0 Å². The zero-order valence-corrected chi connectivity index (χ0v) is 17.7. The number of benzene rings is 2. The highest BCUT2D eigenvalue weighted by Gasteiger charge is 2.25. The molecule has 4 rings (SSSR count). The lowest BCUT2D eigenvalue weighted by atomic mass is 10.1. The van der Waals surface area contributed by atoms with Crippen LogP contribution in [0.15, 0.2) is 55.1 Å². The highest BCUT2D eigenvalue weighted by Crippen LogP contribution is 2.38. The van der Waals surface area contributed by atoms with Crippen LogP contribution in [0.5, 0.6) is 5.75 Å². The molecular formula is C22H18ClN3O3S. The van der Waals surface area contributed by atoms with Crippen LogP contribution >= 0.6 is 22.9 Å². The molecule has 2 amide bonds. The summed E-state index contributed by atoms with van der Waals surface area (Å²) in [6.45, 7) is 6.07. The Morgan fingerprint density at radius 1 is 1.33 bits per heavy atom. The molecule has 0 atom stereocenters. The molecule has 152 valence electrons. The summed E-state index contributed by atoms with van der Waals surface area (Å²) in [5, 5.41) is 3.89. The number of halogens is 1. The van der Waals surface area contributed by atoms with Gasteiger partial charge in [0.25, 0.3) is 11.8 Å². The van der Waals surface area contributed by atoms with Gasteiger partial charge in [0.05, 0.1) is 11.4 Å². The summed E-state index contributed by atoms with van der Waals surface area (Å²) in [4.78, 5) is 31.9. The van der Waals surface area contributed by atoms with E-state index < -0.39 is 0 Å². The quantitative estimate of drug-likeness (QED) is 0.572. The number of hydrogen-bond donors (Lipinski definition) is 1. The molecule has 0 fully saturated rings. The number of anilines is 2. The van der Waals surface area contributed by atoms with Crippen molar-refractivity contribution < 1.29 is 14.3 Å². The van der Waals surface area contributed by atoms with Crippen LogP contribution in [0.4, 0.5) is 10.8 Å². The van der Waals surface area contributed by atoms with E-state index in [0.29, 0.717) is 33.7 Å². The highest BCUT2D eigenvalue weighted by molar-refractivity contribution is 7.16. The van der Waals surface area contributed by atoms with Crippen molar-refractivity contribution >= 4 is 45.6 Å². The number of ether oxygens (including phenoxy) is 1. The largest absolute Gasteiger partial charge is 0.482 e. The SMILES string of the molecule is C=CCN1C(=O)COc2ccc(-c3nc(NC(=O)c4ccc(Cl)cc4)sc3C)cc21. The molecule has 2 aromatic carbocycles. The molecule has 0 unspecified atom stereocenters. The third-order valence-electron chi connectivity index (χ3n) is 4.61. The number of nitrogens with one attached hydrogen (secondary N) is 1. The normalized spacial score (nSPS) is 12.9. The lowest BCUT2D eigenvalue weighted by molar-refractivity contribution is -0.121. The molecule has 1 aromatic heterocycles. The van der Waals surface area contributed by atoms with Gasteiger partial charge in [0, 0.05) is 27.6 Å². The first kappa shape index (κ1) is 20.1. The zero-order valence-electron chi connectivity index (χ0n) is 16.1. The second-order valence-electron chi connectivity index (χ2n) is 6.65. The number of nitrogens with zero attached hydrogens (tertiary/aromatic N) is 2. The van der Waals surface area contributed by atoms with Gasteiger partial charge in [-0.25, -0.2) is 4.98 Å². The Morgan fingerprint density at radius 3 is 2.83 bits per heavy atom. The van der Waals surface area contributed by atoms with Crippen molar-refractivity contribution in [2.75, 3.05) is 23.4 Å². The summed E-state index contributed by atoms with van der Waals surface area (Å²) < 4.78 is 5.54. The number of rotatable bonds is 5. The van der Waals surface area contributed by atoms with E-state index in [1.54, 1.807) is 35.2 Å². The fraction of sp³-hybridized carbons (Fsp3) is 0.136. The number of carbonyl (C=O) groups excluding carboxylic acids is 2. The third-order valence-corrected chi connectivity index (χ3v) is 5.75.